The first-order chi connectivity index (χ1) is 15.1. The number of carbonyl (C=O) groups is 1. The molecule has 3 heterocycles. The average molecular weight is 456 g/mol. The van der Waals surface area contributed by atoms with Crippen molar-refractivity contribution in [2.24, 2.45) is 0 Å². The first-order valence-electron chi connectivity index (χ1n) is 9.37. The Balaban J connectivity index is 1.60. The van der Waals surface area contributed by atoms with E-state index in [2.05, 4.69) is 16.9 Å². The van der Waals surface area contributed by atoms with Crippen molar-refractivity contribution in [3.05, 3.63) is 82.6 Å². The molecule has 0 saturated heterocycles. The lowest BCUT2D eigenvalue weighted by Gasteiger charge is -2.11. The van der Waals surface area contributed by atoms with Crippen LogP contribution < -0.4 is 10.9 Å². The van der Waals surface area contributed by atoms with Crippen molar-refractivity contribution < 1.29 is 13.6 Å². The molecule has 1 amide bonds. The number of aromatic nitrogens is 2. The molecular formula is C22H18FN3O3S2. The van der Waals surface area contributed by atoms with Crippen LogP contribution in [0.1, 0.15) is 5.76 Å². The van der Waals surface area contributed by atoms with Gasteiger partial charge in [0.1, 0.15) is 16.4 Å². The van der Waals surface area contributed by atoms with Gasteiger partial charge in [-0.3, -0.25) is 14.2 Å². The second-order valence-corrected chi connectivity index (χ2v) is 8.38. The molecule has 0 atom stereocenters. The number of benzene rings is 1. The van der Waals surface area contributed by atoms with Crippen LogP contribution in [-0.4, -0.2) is 21.2 Å². The van der Waals surface area contributed by atoms with Crippen molar-refractivity contribution in [1.82, 2.24) is 14.9 Å². The number of nitrogens with one attached hydrogen (secondary N) is 1. The standard InChI is InChI=1S/C22H18FN3O3S2/c1-2-9-26-21(28)19-17(14-5-7-15(23)8-6-14)12-30-20(19)25-22(26)31-13-18(27)24-11-16-4-3-10-29-16/h2-8,10,12H,1,9,11,13H2,(H,24,27). The van der Waals surface area contributed by atoms with E-state index < -0.39 is 0 Å². The second-order valence-electron chi connectivity index (χ2n) is 6.58. The number of rotatable bonds is 8. The highest BCUT2D eigenvalue weighted by molar-refractivity contribution is 7.99. The molecule has 1 aromatic carbocycles. The van der Waals surface area contributed by atoms with Crippen molar-refractivity contribution in [3.63, 3.8) is 0 Å². The van der Waals surface area contributed by atoms with Crippen LogP contribution in [0.25, 0.3) is 21.3 Å². The summed E-state index contributed by atoms with van der Waals surface area (Å²) in [6.45, 7) is 4.28. The third-order valence-electron chi connectivity index (χ3n) is 4.50. The first kappa shape index (κ1) is 21.1. The number of allylic oxidation sites excluding steroid dienone is 1. The average Bonchev–Trinajstić information content (AvgIpc) is 3.44. The van der Waals surface area contributed by atoms with Crippen molar-refractivity contribution >= 4 is 39.2 Å². The van der Waals surface area contributed by atoms with E-state index in [-0.39, 0.29) is 29.6 Å². The number of thioether (sulfide) groups is 1. The maximum atomic E-state index is 13.3. The van der Waals surface area contributed by atoms with Crippen LogP contribution in [0.15, 0.2) is 75.1 Å². The van der Waals surface area contributed by atoms with E-state index in [1.165, 1.54) is 39.8 Å². The van der Waals surface area contributed by atoms with E-state index >= 15 is 0 Å². The molecular weight excluding hydrogens is 437 g/mol. The summed E-state index contributed by atoms with van der Waals surface area (Å²) < 4.78 is 20.0. The van der Waals surface area contributed by atoms with Gasteiger partial charge in [0, 0.05) is 17.5 Å². The summed E-state index contributed by atoms with van der Waals surface area (Å²) in [5.74, 6) is 0.230. The minimum absolute atomic E-state index is 0.103. The fourth-order valence-electron chi connectivity index (χ4n) is 3.03. The molecule has 1 N–H and O–H groups in total. The summed E-state index contributed by atoms with van der Waals surface area (Å²) in [5.41, 5.74) is 1.24. The van der Waals surface area contributed by atoms with Gasteiger partial charge in [0.15, 0.2) is 5.16 Å². The molecule has 158 valence electrons. The number of hydrogen-bond donors (Lipinski definition) is 1. The van der Waals surface area contributed by atoms with E-state index in [0.29, 0.717) is 33.2 Å². The van der Waals surface area contributed by atoms with Gasteiger partial charge in [-0.2, -0.15) is 0 Å². The van der Waals surface area contributed by atoms with Crippen molar-refractivity contribution in [1.29, 1.82) is 0 Å². The van der Waals surface area contributed by atoms with Gasteiger partial charge in [-0.05, 0) is 29.8 Å². The minimum atomic E-state index is -0.338. The van der Waals surface area contributed by atoms with Gasteiger partial charge in [0.25, 0.3) is 5.56 Å². The van der Waals surface area contributed by atoms with Crippen molar-refractivity contribution in [3.8, 4) is 11.1 Å². The van der Waals surface area contributed by atoms with Gasteiger partial charge in [-0.25, -0.2) is 9.37 Å². The Hall–Kier alpha value is -3.17. The molecule has 0 spiro atoms. The highest BCUT2D eigenvalue weighted by Crippen LogP contribution is 2.32. The largest absolute Gasteiger partial charge is 0.467 e. The molecule has 0 radical (unpaired) electrons. The summed E-state index contributed by atoms with van der Waals surface area (Å²) in [5, 5.41) is 5.53. The van der Waals surface area contributed by atoms with Crippen LogP contribution in [0, 0.1) is 5.82 Å². The van der Waals surface area contributed by atoms with Gasteiger partial charge in [-0.15, -0.1) is 17.9 Å². The SMILES string of the molecule is C=CCn1c(SCC(=O)NCc2ccco2)nc2scc(-c3ccc(F)cc3)c2c1=O. The van der Waals surface area contributed by atoms with Crippen molar-refractivity contribution in [2.75, 3.05) is 5.75 Å². The number of carbonyl (C=O) groups excluding carboxylic acids is 1. The first-order valence-corrected chi connectivity index (χ1v) is 11.2. The maximum absolute atomic E-state index is 13.3. The lowest BCUT2D eigenvalue weighted by atomic mass is 10.1. The quantitative estimate of drug-likeness (QED) is 0.241. The van der Waals surface area contributed by atoms with Crippen LogP contribution in [0.5, 0.6) is 0 Å². The van der Waals surface area contributed by atoms with Gasteiger partial charge >= 0.3 is 0 Å². The Bertz CT molecular complexity index is 1280. The summed E-state index contributed by atoms with van der Waals surface area (Å²) in [6.07, 6.45) is 3.16. The minimum Gasteiger partial charge on any atom is -0.467 e. The maximum Gasteiger partial charge on any atom is 0.263 e. The molecule has 0 aliphatic rings. The number of amides is 1. The summed E-state index contributed by atoms with van der Waals surface area (Å²) in [7, 11) is 0. The van der Waals surface area contributed by atoms with E-state index in [4.69, 9.17) is 4.42 Å². The van der Waals surface area contributed by atoms with E-state index in [0.717, 1.165) is 5.56 Å². The zero-order chi connectivity index (χ0) is 21.8. The number of furan rings is 1. The van der Waals surface area contributed by atoms with Gasteiger partial charge in [0.2, 0.25) is 5.91 Å². The molecule has 0 aliphatic heterocycles. The van der Waals surface area contributed by atoms with Crippen LogP contribution in [0.3, 0.4) is 0 Å². The Morgan fingerprint density at radius 3 is 2.84 bits per heavy atom. The van der Waals surface area contributed by atoms with E-state index in [1.807, 2.05) is 5.38 Å². The second kappa shape index (κ2) is 9.32. The number of halogens is 1. The molecule has 3 aromatic heterocycles. The van der Waals surface area contributed by atoms with E-state index in [9.17, 15) is 14.0 Å². The summed E-state index contributed by atoms with van der Waals surface area (Å²) in [6, 6.07) is 9.53. The predicted octanol–water partition coefficient (Wildman–Crippen LogP) is 4.45. The summed E-state index contributed by atoms with van der Waals surface area (Å²) in [4.78, 5) is 30.7. The fourth-order valence-corrected chi connectivity index (χ4v) is 4.85. The summed E-state index contributed by atoms with van der Waals surface area (Å²) >= 11 is 2.53. The molecule has 0 fully saturated rings. The predicted molar refractivity (Wildman–Crippen MR) is 121 cm³/mol. The Kier molecular flexibility index (Phi) is 6.34. The smallest absolute Gasteiger partial charge is 0.263 e. The van der Waals surface area contributed by atoms with Crippen LogP contribution in [0.4, 0.5) is 4.39 Å². The third kappa shape index (κ3) is 4.62. The molecule has 31 heavy (non-hydrogen) atoms. The van der Waals surface area contributed by atoms with Crippen LogP contribution in [-0.2, 0) is 17.9 Å². The highest BCUT2D eigenvalue weighted by Gasteiger charge is 2.18. The topological polar surface area (TPSA) is 77.1 Å². The number of hydrogen-bond acceptors (Lipinski definition) is 6. The normalized spacial score (nSPS) is 11.0. The molecule has 4 aromatic rings. The zero-order valence-electron chi connectivity index (χ0n) is 16.3. The number of fused-ring (bicyclic) bond motifs is 1. The number of thiophene rings is 1. The van der Waals surface area contributed by atoms with Crippen LogP contribution >= 0.6 is 23.1 Å². The molecule has 0 unspecified atom stereocenters. The zero-order valence-corrected chi connectivity index (χ0v) is 18.0. The molecule has 0 bridgehead atoms. The Morgan fingerprint density at radius 2 is 2.13 bits per heavy atom. The van der Waals surface area contributed by atoms with Crippen molar-refractivity contribution in [2.45, 2.75) is 18.2 Å². The third-order valence-corrected chi connectivity index (χ3v) is 6.35. The number of nitrogens with zero attached hydrogens (tertiary/aromatic N) is 2. The lowest BCUT2D eigenvalue weighted by molar-refractivity contribution is -0.118. The van der Waals surface area contributed by atoms with Gasteiger partial charge in [-0.1, -0.05) is 30.0 Å². The van der Waals surface area contributed by atoms with Gasteiger partial charge < -0.3 is 9.73 Å². The Labute approximate surface area is 185 Å². The van der Waals surface area contributed by atoms with E-state index in [1.54, 1.807) is 36.6 Å². The Morgan fingerprint density at radius 1 is 1.32 bits per heavy atom. The molecule has 9 heteroatoms. The molecule has 4 rings (SSSR count). The lowest BCUT2D eigenvalue weighted by Crippen LogP contribution is -2.26. The monoisotopic (exact) mass is 455 g/mol. The molecule has 0 saturated carbocycles. The molecule has 0 aliphatic carbocycles. The highest BCUT2D eigenvalue weighted by atomic mass is 32.2. The van der Waals surface area contributed by atoms with Gasteiger partial charge in [0.05, 0.1) is 23.9 Å². The fraction of sp³-hybridized carbons (Fsp3) is 0.136. The molecule has 6 nitrogen and oxygen atoms in total. The van der Waals surface area contributed by atoms with Crippen LogP contribution in [0.2, 0.25) is 0 Å².